The third-order valence-corrected chi connectivity index (χ3v) is 5.23. The van der Waals surface area contributed by atoms with Gasteiger partial charge in [0.25, 0.3) is 0 Å². The summed E-state index contributed by atoms with van der Waals surface area (Å²) in [5.41, 5.74) is 8.61. The standard InChI is InChI=1S/C18H26N2O.ClH/c1-13-9-14(11-19)12-20(13)18(21)10-16-7-4-6-15-5-2-3-8-17(15)16;/h2-3,5,8,13-14,16H,4,6-7,9-12,19H2,1H3;1H. The van der Waals surface area contributed by atoms with Crippen molar-refractivity contribution in [2.45, 2.75) is 51.0 Å². The molecule has 3 nitrogen and oxygen atoms in total. The lowest BCUT2D eigenvalue weighted by molar-refractivity contribution is -0.132. The van der Waals surface area contributed by atoms with Gasteiger partial charge >= 0.3 is 0 Å². The van der Waals surface area contributed by atoms with Crippen LogP contribution < -0.4 is 5.73 Å². The summed E-state index contributed by atoms with van der Waals surface area (Å²) in [7, 11) is 0. The van der Waals surface area contributed by atoms with Crippen molar-refractivity contribution in [3.8, 4) is 0 Å². The van der Waals surface area contributed by atoms with Crippen LogP contribution in [0.1, 0.15) is 49.7 Å². The van der Waals surface area contributed by atoms with Crippen LogP contribution in [0.4, 0.5) is 0 Å². The summed E-state index contributed by atoms with van der Waals surface area (Å²) in [5.74, 6) is 1.22. The summed E-state index contributed by atoms with van der Waals surface area (Å²) < 4.78 is 0. The van der Waals surface area contributed by atoms with Crippen LogP contribution in [-0.2, 0) is 11.2 Å². The largest absolute Gasteiger partial charge is 0.340 e. The van der Waals surface area contributed by atoms with Crippen LogP contribution in [0.25, 0.3) is 0 Å². The average molecular weight is 323 g/mol. The molecule has 122 valence electrons. The third-order valence-electron chi connectivity index (χ3n) is 5.23. The minimum absolute atomic E-state index is 0. The number of fused-ring (bicyclic) bond motifs is 1. The monoisotopic (exact) mass is 322 g/mol. The lowest BCUT2D eigenvalue weighted by Gasteiger charge is -2.28. The Hall–Kier alpha value is -1.06. The van der Waals surface area contributed by atoms with Crippen molar-refractivity contribution in [1.82, 2.24) is 4.90 Å². The maximum atomic E-state index is 12.7. The molecular weight excluding hydrogens is 296 g/mol. The van der Waals surface area contributed by atoms with Crippen LogP contribution in [0.3, 0.4) is 0 Å². The molecule has 2 N–H and O–H groups in total. The Kier molecular flexibility index (Phi) is 5.87. The molecule has 3 atom stereocenters. The first-order valence-electron chi connectivity index (χ1n) is 8.26. The molecule has 0 bridgehead atoms. The number of rotatable bonds is 3. The van der Waals surface area contributed by atoms with Gasteiger partial charge in [0.05, 0.1) is 0 Å². The number of nitrogens with two attached hydrogens (primary N) is 1. The fourth-order valence-electron chi connectivity index (χ4n) is 4.06. The van der Waals surface area contributed by atoms with E-state index < -0.39 is 0 Å². The molecule has 1 aliphatic heterocycles. The van der Waals surface area contributed by atoms with Crippen LogP contribution in [0.5, 0.6) is 0 Å². The minimum atomic E-state index is 0. The van der Waals surface area contributed by atoms with Gasteiger partial charge in [0.1, 0.15) is 0 Å². The van der Waals surface area contributed by atoms with Crippen LogP contribution in [0, 0.1) is 5.92 Å². The highest BCUT2D eigenvalue weighted by molar-refractivity contribution is 5.85. The first kappa shape index (κ1) is 17.3. The smallest absolute Gasteiger partial charge is 0.223 e. The highest BCUT2D eigenvalue weighted by atomic mass is 35.5. The second-order valence-corrected chi connectivity index (χ2v) is 6.72. The van der Waals surface area contributed by atoms with Crippen LogP contribution >= 0.6 is 12.4 Å². The van der Waals surface area contributed by atoms with Crippen molar-refractivity contribution >= 4 is 18.3 Å². The topological polar surface area (TPSA) is 46.3 Å². The lowest BCUT2D eigenvalue weighted by Crippen LogP contribution is -2.35. The SMILES string of the molecule is CC1CC(CN)CN1C(=O)CC1CCCc2ccccc21.Cl. The fourth-order valence-corrected chi connectivity index (χ4v) is 4.06. The van der Waals surface area contributed by atoms with E-state index in [2.05, 4.69) is 36.1 Å². The van der Waals surface area contributed by atoms with E-state index in [1.165, 1.54) is 17.5 Å². The van der Waals surface area contributed by atoms with E-state index in [0.29, 0.717) is 36.8 Å². The van der Waals surface area contributed by atoms with E-state index in [1.807, 2.05) is 0 Å². The number of hydrogen-bond donors (Lipinski definition) is 1. The van der Waals surface area contributed by atoms with Crippen molar-refractivity contribution in [3.05, 3.63) is 35.4 Å². The number of carbonyl (C=O) groups is 1. The fraction of sp³-hybridized carbons (Fsp3) is 0.611. The van der Waals surface area contributed by atoms with Gasteiger partial charge in [-0.05, 0) is 62.1 Å². The van der Waals surface area contributed by atoms with E-state index in [-0.39, 0.29) is 12.4 Å². The zero-order valence-electron chi connectivity index (χ0n) is 13.3. The van der Waals surface area contributed by atoms with Crippen molar-refractivity contribution in [3.63, 3.8) is 0 Å². The number of aryl methyl sites for hydroxylation is 1. The van der Waals surface area contributed by atoms with Gasteiger partial charge < -0.3 is 10.6 Å². The van der Waals surface area contributed by atoms with Gasteiger partial charge in [-0.25, -0.2) is 0 Å². The summed E-state index contributed by atoms with van der Waals surface area (Å²) in [6.45, 7) is 3.70. The molecule has 0 spiro atoms. The molecule has 3 rings (SSSR count). The van der Waals surface area contributed by atoms with Gasteiger partial charge in [0.2, 0.25) is 5.91 Å². The first-order valence-corrected chi connectivity index (χ1v) is 8.26. The maximum Gasteiger partial charge on any atom is 0.223 e. The van der Waals surface area contributed by atoms with E-state index in [1.54, 1.807) is 0 Å². The van der Waals surface area contributed by atoms with Gasteiger partial charge in [0, 0.05) is 19.0 Å². The Balaban J connectivity index is 0.00000176. The number of benzene rings is 1. The van der Waals surface area contributed by atoms with Gasteiger partial charge in [-0.3, -0.25) is 4.79 Å². The second kappa shape index (κ2) is 7.47. The zero-order valence-corrected chi connectivity index (χ0v) is 14.1. The van der Waals surface area contributed by atoms with E-state index in [0.717, 1.165) is 25.8 Å². The predicted molar refractivity (Wildman–Crippen MR) is 92.3 cm³/mol. The van der Waals surface area contributed by atoms with Gasteiger partial charge in [-0.15, -0.1) is 12.4 Å². The van der Waals surface area contributed by atoms with Crippen LogP contribution in [0.2, 0.25) is 0 Å². The maximum absolute atomic E-state index is 12.7. The van der Waals surface area contributed by atoms with Crippen molar-refractivity contribution in [2.24, 2.45) is 11.7 Å². The summed E-state index contributed by atoms with van der Waals surface area (Å²) in [6, 6.07) is 8.99. The molecule has 22 heavy (non-hydrogen) atoms. The normalized spacial score (nSPS) is 27.2. The van der Waals surface area contributed by atoms with Crippen molar-refractivity contribution < 1.29 is 4.79 Å². The Morgan fingerprint density at radius 3 is 2.86 bits per heavy atom. The molecule has 1 amide bonds. The summed E-state index contributed by atoms with van der Waals surface area (Å²) in [5, 5.41) is 0. The number of likely N-dealkylation sites (tertiary alicyclic amines) is 1. The first-order chi connectivity index (χ1) is 10.2. The average Bonchev–Trinajstić information content (AvgIpc) is 2.89. The Morgan fingerprint density at radius 2 is 2.14 bits per heavy atom. The molecule has 4 heteroatoms. The molecule has 1 saturated heterocycles. The zero-order chi connectivity index (χ0) is 14.8. The molecule has 1 fully saturated rings. The second-order valence-electron chi connectivity index (χ2n) is 6.72. The van der Waals surface area contributed by atoms with Crippen LogP contribution in [-0.4, -0.2) is 29.9 Å². The number of halogens is 1. The van der Waals surface area contributed by atoms with Gasteiger partial charge in [-0.1, -0.05) is 24.3 Å². The predicted octanol–water partition coefficient (Wildman–Crippen LogP) is 3.11. The number of carbonyl (C=O) groups excluding carboxylic acids is 1. The van der Waals surface area contributed by atoms with Gasteiger partial charge in [-0.2, -0.15) is 0 Å². The van der Waals surface area contributed by atoms with E-state index in [4.69, 9.17) is 5.73 Å². The molecule has 1 aromatic carbocycles. The molecule has 0 aromatic heterocycles. The number of hydrogen-bond acceptors (Lipinski definition) is 2. The number of nitrogens with zero attached hydrogens (tertiary/aromatic N) is 1. The molecule has 1 aliphatic carbocycles. The lowest BCUT2D eigenvalue weighted by atomic mass is 9.81. The van der Waals surface area contributed by atoms with Crippen LogP contribution in [0.15, 0.2) is 24.3 Å². The van der Waals surface area contributed by atoms with Crippen molar-refractivity contribution in [1.29, 1.82) is 0 Å². The summed E-state index contributed by atoms with van der Waals surface area (Å²) >= 11 is 0. The molecule has 3 unspecified atom stereocenters. The summed E-state index contributed by atoms with van der Waals surface area (Å²) in [4.78, 5) is 14.7. The van der Waals surface area contributed by atoms with Crippen molar-refractivity contribution in [2.75, 3.05) is 13.1 Å². The Bertz CT molecular complexity index is 520. The molecule has 1 heterocycles. The molecular formula is C18H27ClN2O. The molecule has 0 saturated carbocycles. The Morgan fingerprint density at radius 1 is 1.36 bits per heavy atom. The third kappa shape index (κ3) is 3.47. The van der Waals surface area contributed by atoms with E-state index >= 15 is 0 Å². The quantitative estimate of drug-likeness (QED) is 0.929. The molecule has 2 aliphatic rings. The Labute approximate surface area is 139 Å². The molecule has 0 radical (unpaired) electrons. The summed E-state index contributed by atoms with van der Waals surface area (Å²) in [6.07, 6.45) is 5.24. The van der Waals surface area contributed by atoms with Gasteiger partial charge in [0.15, 0.2) is 0 Å². The highest BCUT2D eigenvalue weighted by Gasteiger charge is 2.33. The van der Waals surface area contributed by atoms with E-state index in [9.17, 15) is 4.79 Å². The minimum Gasteiger partial charge on any atom is -0.340 e. The highest BCUT2D eigenvalue weighted by Crippen LogP contribution is 2.35. The molecule has 1 aromatic rings. The number of amides is 1.